The van der Waals surface area contributed by atoms with Crippen molar-refractivity contribution in [1.82, 2.24) is 5.32 Å². The van der Waals surface area contributed by atoms with Gasteiger partial charge in [0.05, 0.1) is 0 Å². The molecule has 1 heterocycles. The van der Waals surface area contributed by atoms with Gasteiger partial charge in [0.1, 0.15) is 0 Å². The lowest BCUT2D eigenvalue weighted by atomic mass is 10.2. The van der Waals surface area contributed by atoms with Gasteiger partial charge >= 0.3 is 0 Å². The molecule has 96 valence electrons. The molecular weight excluding hydrogens is 308 g/mol. The highest BCUT2D eigenvalue weighted by Gasteiger charge is 1.98. The fourth-order valence-electron chi connectivity index (χ4n) is 1.72. The van der Waals surface area contributed by atoms with Gasteiger partial charge in [0.15, 0.2) is 0 Å². The second kappa shape index (κ2) is 6.92. The molecule has 0 aliphatic heterocycles. The molecule has 1 aromatic carbocycles. The average Bonchev–Trinajstić information content (AvgIpc) is 2.81. The average molecular weight is 325 g/mol. The highest BCUT2D eigenvalue weighted by Crippen LogP contribution is 2.19. The standard InChI is InChI=1S/C14H17BrN2S/c1-16-13-4-2-11(3-5-13)9-17-7-6-14-8-12(15)10-18-14/h2-5,8,10,16-17H,6-7,9H2,1H3. The van der Waals surface area contributed by atoms with Crippen LogP contribution in [0.15, 0.2) is 40.2 Å². The molecule has 0 bridgehead atoms. The summed E-state index contributed by atoms with van der Waals surface area (Å²) < 4.78 is 1.19. The summed E-state index contributed by atoms with van der Waals surface area (Å²) in [6.45, 7) is 1.94. The Kier molecular flexibility index (Phi) is 5.23. The van der Waals surface area contributed by atoms with Gasteiger partial charge < -0.3 is 10.6 Å². The first kappa shape index (κ1) is 13.6. The normalized spacial score (nSPS) is 10.6. The fraction of sp³-hybridized carbons (Fsp3) is 0.286. The van der Waals surface area contributed by atoms with Gasteiger partial charge in [-0.05, 0) is 46.1 Å². The Bertz CT molecular complexity index is 479. The molecule has 0 unspecified atom stereocenters. The van der Waals surface area contributed by atoms with Crippen LogP contribution in [0.2, 0.25) is 0 Å². The van der Waals surface area contributed by atoms with E-state index in [0.29, 0.717) is 0 Å². The summed E-state index contributed by atoms with van der Waals surface area (Å²) in [6, 6.07) is 10.7. The van der Waals surface area contributed by atoms with Crippen LogP contribution in [0.1, 0.15) is 10.4 Å². The van der Waals surface area contributed by atoms with E-state index in [4.69, 9.17) is 0 Å². The maximum Gasteiger partial charge on any atom is 0.0337 e. The Morgan fingerprint density at radius 2 is 2.00 bits per heavy atom. The number of halogens is 1. The Hall–Kier alpha value is -0.840. The molecule has 0 aliphatic rings. The van der Waals surface area contributed by atoms with Crippen molar-refractivity contribution in [2.45, 2.75) is 13.0 Å². The smallest absolute Gasteiger partial charge is 0.0337 e. The highest BCUT2D eigenvalue weighted by molar-refractivity contribution is 9.10. The maximum atomic E-state index is 3.48. The second-order valence-electron chi connectivity index (χ2n) is 4.10. The summed E-state index contributed by atoms with van der Waals surface area (Å²) in [5, 5.41) is 8.72. The van der Waals surface area contributed by atoms with Crippen LogP contribution >= 0.6 is 27.3 Å². The molecule has 2 N–H and O–H groups in total. The van der Waals surface area contributed by atoms with Gasteiger partial charge in [0, 0.05) is 40.6 Å². The Morgan fingerprint density at radius 3 is 2.61 bits per heavy atom. The molecule has 2 aromatic rings. The van der Waals surface area contributed by atoms with Gasteiger partial charge in [-0.3, -0.25) is 0 Å². The summed E-state index contributed by atoms with van der Waals surface area (Å²) >= 11 is 5.28. The molecular formula is C14H17BrN2S. The van der Waals surface area contributed by atoms with Crippen LogP contribution in [0.25, 0.3) is 0 Å². The summed E-state index contributed by atoms with van der Waals surface area (Å²) in [5.41, 5.74) is 2.48. The van der Waals surface area contributed by atoms with Gasteiger partial charge in [-0.2, -0.15) is 0 Å². The van der Waals surface area contributed by atoms with Crippen LogP contribution in [0.4, 0.5) is 5.69 Å². The van der Waals surface area contributed by atoms with Crippen molar-refractivity contribution in [2.24, 2.45) is 0 Å². The number of thiophene rings is 1. The van der Waals surface area contributed by atoms with Crippen LogP contribution in [-0.4, -0.2) is 13.6 Å². The number of rotatable bonds is 6. The monoisotopic (exact) mass is 324 g/mol. The van der Waals surface area contributed by atoms with E-state index in [1.165, 1.54) is 14.9 Å². The van der Waals surface area contributed by atoms with E-state index in [9.17, 15) is 0 Å². The highest BCUT2D eigenvalue weighted by atomic mass is 79.9. The van der Waals surface area contributed by atoms with Crippen molar-refractivity contribution in [1.29, 1.82) is 0 Å². The summed E-state index contributed by atoms with van der Waals surface area (Å²) in [6.07, 6.45) is 1.09. The predicted octanol–water partition coefficient (Wildman–Crippen LogP) is 3.88. The first-order valence-corrected chi connectivity index (χ1v) is 7.65. The number of hydrogen-bond donors (Lipinski definition) is 2. The van der Waals surface area contributed by atoms with E-state index in [0.717, 1.165) is 25.2 Å². The molecule has 0 saturated carbocycles. The van der Waals surface area contributed by atoms with E-state index in [1.807, 2.05) is 7.05 Å². The SMILES string of the molecule is CNc1ccc(CNCCc2cc(Br)cs2)cc1. The summed E-state index contributed by atoms with van der Waals surface area (Å²) in [4.78, 5) is 1.42. The molecule has 2 nitrogen and oxygen atoms in total. The molecule has 0 atom stereocenters. The number of anilines is 1. The molecule has 0 aliphatic carbocycles. The lowest BCUT2D eigenvalue weighted by molar-refractivity contribution is 0.690. The molecule has 1 aromatic heterocycles. The number of hydrogen-bond acceptors (Lipinski definition) is 3. The third-order valence-electron chi connectivity index (χ3n) is 2.74. The maximum absolute atomic E-state index is 3.48. The van der Waals surface area contributed by atoms with E-state index >= 15 is 0 Å². The van der Waals surface area contributed by atoms with Crippen LogP contribution in [-0.2, 0) is 13.0 Å². The zero-order valence-corrected chi connectivity index (χ0v) is 12.8. The lowest BCUT2D eigenvalue weighted by Gasteiger charge is -2.05. The van der Waals surface area contributed by atoms with Gasteiger partial charge in [-0.15, -0.1) is 11.3 Å². The van der Waals surface area contributed by atoms with Gasteiger partial charge in [0.2, 0.25) is 0 Å². The molecule has 0 fully saturated rings. The third-order valence-corrected chi connectivity index (χ3v) is 4.50. The molecule has 0 saturated heterocycles. The van der Waals surface area contributed by atoms with Crippen LogP contribution < -0.4 is 10.6 Å². The third kappa shape index (κ3) is 4.12. The summed E-state index contributed by atoms with van der Waals surface area (Å²) in [5.74, 6) is 0. The minimum absolute atomic E-state index is 0.927. The quantitative estimate of drug-likeness (QED) is 0.788. The lowest BCUT2D eigenvalue weighted by Crippen LogP contribution is -2.16. The zero-order chi connectivity index (χ0) is 12.8. The van der Waals surface area contributed by atoms with Gasteiger partial charge in [-0.1, -0.05) is 12.1 Å². The topological polar surface area (TPSA) is 24.1 Å². The van der Waals surface area contributed by atoms with Crippen LogP contribution in [0, 0.1) is 0 Å². The summed E-state index contributed by atoms with van der Waals surface area (Å²) in [7, 11) is 1.94. The molecule has 0 radical (unpaired) electrons. The van der Waals surface area contributed by atoms with Crippen molar-refractivity contribution in [3.63, 3.8) is 0 Å². The number of benzene rings is 1. The van der Waals surface area contributed by atoms with E-state index < -0.39 is 0 Å². The van der Waals surface area contributed by atoms with Crippen molar-refractivity contribution < 1.29 is 0 Å². The van der Waals surface area contributed by atoms with Crippen molar-refractivity contribution in [2.75, 3.05) is 18.9 Å². The first-order valence-electron chi connectivity index (χ1n) is 5.98. The predicted molar refractivity (Wildman–Crippen MR) is 83.4 cm³/mol. The zero-order valence-electron chi connectivity index (χ0n) is 10.4. The van der Waals surface area contributed by atoms with E-state index in [1.54, 1.807) is 11.3 Å². The van der Waals surface area contributed by atoms with E-state index in [2.05, 4.69) is 62.3 Å². The largest absolute Gasteiger partial charge is 0.388 e. The molecule has 2 rings (SSSR count). The Balaban J connectivity index is 1.71. The first-order chi connectivity index (χ1) is 8.78. The molecule has 0 spiro atoms. The van der Waals surface area contributed by atoms with Crippen molar-refractivity contribution >= 4 is 33.0 Å². The minimum Gasteiger partial charge on any atom is -0.388 e. The minimum atomic E-state index is 0.927. The van der Waals surface area contributed by atoms with Gasteiger partial charge in [-0.25, -0.2) is 0 Å². The molecule has 0 amide bonds. The Labute approximate surface area is 121 Å². The van der Waals surface area contributed by atoms with Gasteiger partial charge in [0.25, 0.3) is 0 Å². The fourth-order valence-corrected chi connectivity index (χ4v) is 3.17. The van der Waals surface area contributed by atoms with Crippen molar-refractivity contribution in [3.8, 4) is 0 Å². The van der Waals surface area contributed by atoms with Crippen LogP contribution in [0.3, 0.4) is 0 Å². The molecule has 18 heavy (non-hydrogen) atoms. The van der Waals surface area contributed by atoms with E-state index in [-0.39, 0.29) is 0 Å². The molecule has 4 heteroatoms. The van der Waals surface area contributed by atoms with Crippen LogP contribution in [0.5, 0.6) is 0 Å². The Morgan fingerprint density at radius 1 is 1.22 bits per heavy atom. The second-order valence-corrected chi connectivity index (χ2v) is 6.02. The van der Waals surface area contributed by atoms with Crippen molar-refractivity contribution in [3.05, 3.63) is 50.6 Å². The number of nitrogens with one attached hydrogen (secondary N) is 2.